The van der Waals surface area contributed by atoms with Crippen LogP contribution in [0, 0.1) is 0 Å². The van der Waals surface area contributed by atoms with E-state index in [0.29, 0.717) is 0 Å². The lowest BCUT2D eigenvalue weighted by molar-refractivity contribution is 0.931. The van der Waals surface area contributed by atoms with E-state index in [9.17, 15) is 0 Å². The third-order valence-electron chi connectivity index (χ3n) is 2.60. The standard InChI is InChI=1S/C15H14N2S2/c18-12-17-14-8-9-15(16-11-14)19-10-4-7-13-5-2-1-3-6-13/h1-3,5-6,8-9,11H,4,7,10H2. The summed E-state index contributed by atoms with van der Waals surface area (Å²) in [6.45, 7) is 0. The number of pyridine rings is 1. The van der Waals surface area contributed by atoms with Crippen LogP contribution in [0.3, 0.4) is 0 Å². The Balaban J connectivity index is 1.75. The van der Waals surface area contributed by atoms with Gasteiger partial charge in [-0.2, -0.15) is 4.99 Å². The number of nitrogens with zero attached hydrogens (tertiary/aromatic N) is 2. The number of aromatic nitrogens is 1. The Morgan fingerprint density at radius 3 is 2.68 bits per heavy atom. The van der Waals surface area contributed by atoms with Crippen LogP contribution in [0.1, 0.15) is 12.0 Å². The van der Waals surface area contributed by atoms with Gasteiger partial charge in [0.25, 0.3) is 0 Å². The fourth-order valence-electron chi connectivity index (χ4n) is 1.67. The summed E-state index contributed by atoms with van der Waals surface area (Å²) in [5, 5.41) is 3.36. The Kier molecular flexibility index (Phi) is 5.76. The number of aryl methyl sites for hydroxylation is 1. The van der Waals surface area contributed by atoms with Crippen LogP contribution >= 0.6 is 24.0 Å². The molecule has 2 rings (SSSR count). The van der Waals surface area contributed by atoms with Gasteiger partial charge in [0.1, 0.15) is 0 Å². The van der Waals surface area contributed by atoms with Crippen LogP contribution in [0.25, 0.3) is 0 Å². The second-order valence-electron chi connectivity index (χ2n) is 4.00. The molecule has 2 nitrogen and oxygen atoms in total. The number of thioether (sulfide) groups is 1. The van der Waals surface area contributed by atoms with Gasteiger partial charge in [-0.15, -0.1) is 11.8 Å². The number of benzene rings is 1. The van der Waals surface area contributed by atoms with Gasteiger partial charge >= 0.3 is 0 Å². The highest BCUT2D eigenvalue weighted by Crippen LogP contribution is 2.19. The monoisotopic (exact) mass is 286 g/mol. The first-order valence-electron chi connectivity index (χ1n) is 6.09. The molecule has 1 aromatic heterocycles. The number of aliphatic imine (C=N–C) groups is 1. The SMILES string of the molecule is S=C=Nc1ccc(SCCCc2ccccc2)nc1. The predicted molar refractivity (Wildman–Crippen MR) is 84.4 cm³/mol. The zero-order valence-corrected chi connectivity index (χ0v) is 12.1. The van der Waals surface area contributed by atoms with Crippen LogP contribution in [-0.4, -0.2) is 15.9 Å². The highest BCUT2D eigenvalue weighted by Gasteiger charge is 1.97. The van der Waals surface area contributed by atoms with Crippen molar-refractivity contribution >= 4 is 34.8 Å². The Labute approximate surface area is 123 Å². The summed E-state index contributed by atoms with van der Waals surface area (Å²) in [6, 6.07) is 14.4. The molecule has 1 heterocycles. The molecule has 0 amide bonds. The van der Waals surface area contributed by atoms with Gasteiger partial charge in [-0.1, -0.05) is 30.3 Å². The molecule has 0 aliphatic carbocycles. The molecular weight excluding hydrogens is 272 g/mol. The topological polar surface area (TPSA) is 25.2 Å². The minimum absolute atomic E-state index is 0.753. The lowest BCUT2D eigenvalue weighted by Gasteiger charge is -2.02. The highest BCUT2D eigenvalue weighted by molar-refractivity contribution is 7.99. The second-order valence-corrected chi connectivity index (χ2v) is 5.29. The zero-order chi connectivity index (χ0) is 13.3. The van der Waals surface area contributed by atoms with E-state index in [1.165, 1.54) is 5.56 Å². The van der Waals surface area contributed by atoms with Gasteiger partial charge in [0.2, 0.25) is 0 Å². The number of isothiocyanates is 1. The van der Waals surface area contributed by atoms with Gasteiger partial charge in [-0.05, 0) is 48.5 Å². The molecule has 2 aromatic rings. The van der Waals surface area contributed by atoms with E-state index in [-0.39, 0.29) is 0 Å². The van der Waals surface area contributed by atoms with Gasteiger partial charge in [-0.25, -0.2) is 4.98 Å². The molecular formula is C15H14N2S2. The molecule has 1 aromatic carbocycles. The van der Waals surface area contributed by atoms with Crippen molar-refractivity contribution in [2.45, 2.75) is 17.9 Å². The second kappa shape index (κ2) is 7.85. The molecule has 0 saturated carbocycles. The van der Waals surface area contributed by atoms with Crippen molar-refractivity contribution in [3.05, 3.63) is 54.2 Å². The Bertz CT molecular complexity index is 546. The van der Waals surface area contributed by atoms with Crippen LogP contribution < -0.4 is 0 Å². The molecule has 4 heteroatoms. The molecule has 0 aliphatic heterocycles. The molecule has 0 unspecified atom stereocenters. The Morgan fingerprint density at radius 1 is 1.16 bits per heavy atom. The maximum atomic E-state index is 4.55. The maximum Gasteiger partial charge on any atom is 0.0961 e. The Hall–Kier alpha value is -1.48. The van der Waals surface area contributed by atoms with E-state index in [1.807, 2.05) is 18.2 Å². The molecule has 0 atom stereocenters. The van der Waals surface area contributed by atoms with E-state index in [0.717, 1.165) is 29.3 Å². The molecule has 0 bridgehead atoms. The molecule has 19 heavy (non-hydrogen) atoms. The maximum absolute atomic E-state index is 4.55. The van der Waals surface area contributed by atoms with Crippen molar-refractivity contribution < 1.29 is 0 Å². The first kappa shape index (κ1) is 13.9. The summed E-state index contributed by atoms with van der Waals surface area (Å²) in [4.78, 5) is 8.20. The van der Waals surface area contributed by atoms with E-state index in [2.05, 4.69) is 51.6 Å². The Morgan fingerprint density at radius 2 is 2.00 bits per heavy atom. The average Bonchev–Trinajstić information content (AvgIpc) is 2.47. The quantitative estimate of drug-likeness (QED) is 0.337. The molecule has 0 fully saturated rings. The van der Waals surface area contributed by atoms with Gasteiger partial charge < -0.3 is 0 Å². The highest BCUT2D eigenvalue weighted by atomic mass is 32.2. The first-order valence-corrected chi connectivity index (χ1v) is 7.48. The number of hydrogen-bond donors (Lipinski definition) is 0. The van der Waals surface area contributed by atoms with E-state index >= 15 is 0 Å². The smallest absolute Gasteiger partial charge is 0.0961 e. The van der Waals surface area contributed by atoms with E-state index in [1.54, 1.807) is 18.0 Å². The largest absolute Gasteiger partial charge is 0.248 e. The number of thiocarbonyl (C=S) groups is 1. The molecule has 0 spiro atoms. The molecule has 0 N–H and O–H groups in total. The summed E-state index contributed by atoms with van der Waals surface area (Å²) in [5.41, 5.74) is 2.14. The lowest BCUT2D eigenvalue weighted by atomic mass is 10.1. The summed E-state index contributed by atoms with van der Waals surface area (Å²) in [5.74, 6) is 1.07. The van der Waals surface area contributed by atoms with Crippen molar-refractivity contribution in [3.8, 4) is 0 Å². The minimum Gasteiger partial charge on any atom is -0.248 e. The number of hydrogen-bond acceptors (Lipinski definition) is 4. The van der Waals surface area contributed by atoms with Gasteiger partial charge in [0.05, 0.1) is 22.1 Å². The first-order chi connectivity index (χ1) is 9.38. The zero-order valence-electron chi connectivity index (χ0n) is 10.5. The van der Waals surface area contributed by atoms with Crippen LogP contribution in [0.15, 0.2) is 58.7 Å². The third kappa shape index (κ3) is 4.95. The van der Waals surface area contributed by atoms with Crippen LogP contribution in [0.5, 0.6) is 0 Å². The van der Waals surface area contributed by atoms with Crippen molar-refractivity contribution in [2.24, 2.45) is 4.99 Å². The van der Waals surface area contributed by atoms with Crippen molar-refractivity contribution in [1.29, 1.82) is 0 Å². The molecule has 0 saturated heterocycles. The van der Waals surface area contributed by atoms with Gasteiger partial charge in [-0.3, -0.25) is 0 Å². The molecule has 0 radical (unpaired) electrons. The minimum atomic E-state index is 0.753. The van der Waals surface area contributed by atoms with Gasteiger partial charge in [0.15, 0.2) is 0 Å². The normalized spacial score (nSPS) is 9.89. The number of rotatable bonds is 6. The fraction of sp³-hybridized carbons (Fsp3) is 0.200. The predicted octanol–water partition coefficient (Wildman–Crippen LogP) is 4.54. The lowest BCUT2D eigenvalue weighted by Crippen LogP contribution is -1.88. The summed E-state index contributed by atoms with van der Waals surface area (Å²) in [7, 11) is 0. The summed E-state index contributed by atoms with van der Waals surface area (Å²) >= 11 is 6.32. The summed E-state index contributed by atoms with van der Waals surface area (Å²) in [6.07, 6.45) is 3.98. The molecule has 96 valence electrons. The molecule has 0 aliphatic rings. The van der Waals surface area contributed by atoms with Crippen LogP contribution in [0.4, 0.5) is 5.69 Å². The average molecular weight is 286 g/mol. The fourth-order valence-corrected chi connectivity index (χ4v) is 2.57. The van der Waals surface area contributed by atoms with Crippen molar-refractivity contribution in [3.63, 3.8) is 0 Å². The van der Waals surface area contributed by atoms with E-state index in [4.69, 9.17) is 0 Å². The van der Waals surface area contributed by atoms with Crippen molar-refractivity contribution in [2.75, 3.05) is 5.75 Å². The van der Waals surface area contributed by atoms with E-state index < -0.39 is 0 Å². The third-order valence-corrected chi connectivity index (χ3v) is 3.72. The summed E-state index contributed by atoms with van der Waals surface area (Å²) < 4.78 is 0. The van der Waals surface area contributed by atoms with Crippen LogP contribution in [-0.2, 0) is 6.42 Å². The van der Waals surface area contributed by atoms with Crippen LogP contribution in [0.2, 0.25) is 0 Å². The van der Waals surface area contributed by atoms with Gasteiger partial charge in [0, 0.05) is 0 Å². The van der Waals surface area contributed by atoms with Crippen molar-refractivity contribution in [1.82, 2.24) is 4.98 Å².